The number of carbonyl (C=O) groups is 2. The number of rotatable bonds is 8. The first kappa shape index (κ1) is 22.6. The lowest BCUT2D eigenvalue weighted by atomic mass is 10.1. The Hall–Kier alpha value is -3.13. The first-order valence-electron chi connectivity index (χ1n) is 10.1. The zero-order valence-electron chi connectivity index (χ0n) is 18.2. The fourth-order valence-corrected chi connectivity index (χ4v) is 3.79. The fourth-order valence-electron chi connectivity index (χ4n) is 3.06. The van der Waals surface area contributed by atoms with Crippen LogP contribution in [0, 0.1) is 13.8 Å². The lowest BCUT2D eigenvalue weighted by Gasteiger charge is -2.09. The van der Waals surface area contributed by atoms with E-state index < -0.39 is 0 Å². The van der Waals surface area contributed by atoms with Crippen LogP contribution in [0.2, 0.25) is 0 Å². The minimum absolute atomic E-state index is 0.104. The van der Waals surface area contributed by atoms with Crippen LogP contribution in [-0.2, 0) is 29.5 Å². The summed E-state index contributed by atoms with van der Waals surface area (Å²) in [5.74, 6) is 0.478. The summed E-state index contributed by atoms with van der Waals surface area (Å²) in [5, 5.41) is 14.7. The Labute approximate surface area is 186 Å². The third kappa shape index (κ3) is 5.95. The highest BCUT2D eigenvalue weighted by atomic mass is 32.2. The molecule has 7 nitrogen and oxygen atoms in total. The summed E-state index contributed by atoms with van der Waals surface area (Å²) in [6.45, 7) is 6.09. The van der Waals surface area contributed by atoms with Crippen molar-refractivity contribution in [1.82, 2.24) is 14.8 Å². The van der Waals surface area contributed by atoms with Gasteiger partial charge in [-0.3, -0.25) is 9.59 Å². The van der Waals surface area contributed by atoms with Crippen molar-refractivity contribution in [2.24, 2.45) is 7.05 Å². The molecular formula is C23H27N5O2S. The number of amides is 2. The van der Waals surface area contributed by atoms with Crippen molar-refractivity contribution in [3.63, 3.8) is 0 Å². The normalized spacial score (nSPS) is 10.7. The second-order valence-electron chi connectivity index (χ2n) is 7.33. The fraction of sp³-hybridized carbons (Fsp3) is 0.304. The number of nitrogens with zero attached hydrogens (tertiary/aromatic N) is 3. The van der Waals surface area contributed by atoms with Gasteiger partial charge in [-0.25, -0.2) is 0 Å². The molecule has 0 bridgehead atoms. The molecule has 2 amide bonds. The summed E-state index contributed by atoms with van der Waals surface area (Å²) in [6.07, 6.45) is 0.952. The Morgan fingerprint density at radius 3 is 2.52 bits per heavy atom. The van der Waals surface area contributed by atoms with E-state index in [1.807, 2.05) is 56.3 Å². The number of benzene rings is 2. The molecule has 3 rings (SSSR count). The monoisotopic (exact) mass is 437 g/mol. The van der Waals surface area contributed by atoms with E-state index in [1.54, 1.807) is 11.6 Å². The molecule has 0 saturated carbocycles. The van der Waals surface area contributed by atoms with Crippen molar-refractivity contribution in [1.29, 1.82) is 0 Å². The van der Waals surface area contributed by atoms with E-state index in [9.17, 15) is 9.59 Å². The van der Waals surface area contributed by atoms with Crippen LogP contribution in [0.25, 0.3) is 0 Å². The zero-order chi connectivity index (χ0) is 22.4. The summed E-state index contributed by atoms with van der Waals surface area (Å²) in [4.78, 5) is 24.8. The Bertz CT molecular complexity index is 1090. The average Bonchev–Trinajstić information content (AvgIpc) is 3.09. The van der Waals surface area contributed by atoms with Crippen molar-refractivity contribution in [2.75, 3.05) is 16.4 Å². The minimum atomic E-state index is -0.163. The van der Waals surface area contributed by atoms with Gasteiger partial charge in [0.1, 0.15) is 5.82 Å². The van der Waals surface area contributed by atoms with Crippen LogP contribution in [0.3, 0.4) is 0 Å². The molecule has 0 radical (unpaired) electrons. The third-order valence-electron chi connectivity index (χ3n) is 5.04. The summed E-state index contributed by atoms with van der Waals surface area (Å²) in [5.41, 5.74) is 4.98. The Balaban J connectivity index is 1.55. The van der Waals surface area contributed by atoms with Crippen LogP contribution in [0.4, 0.5) is 11.4 Å². The van der Waals surface area contributed by atoms with Crippen molar-refractivity contribution in [3.8, 4) is 0 Å². The second-order valence-corrected chi connectivity index (χ2v) is 8.27. The van der Waals surface area contributed by atoms with Gasteiger partial charge in [0.25, 0.3) is 0 Å². The number of aryl methyl sites for hydroxylation is 3. The molecule has 31 heavy (non-hydrogen) atoms. The number of para-hydroxylation sites is 1. The summed E-state index contributed by atoms with van der Waals surface area (Å²) in [6, 6.07) is 13.6. The molecule has 0 spiro atoms. The van der Waals surface area contributed by atoms with Crippen LogP contribution < -0.4 is 10.6 Å². The molecule has 2 N–H and O–H groups in total. The van der Waals surface area contributed by atoms with E-state index in [0.717, 1.165) is 28.9 Å². The van der Waals surface area contributed by atoms with E-state index in [0.29, 0.717) is 11.0 Å². The number of nitrogens with one attached hydrogen (secondary N) is 2. The molecule has 0 aliphatic rings. The van der Waals surface area contributed by atoms with Gasteiger partial charge in [0.2, 0.25) is 11.8 Å². The summed E-state index contributed by atoms with van der Waals surface area (Å²) >= 11 is 1.29. The highest BCUT2D eigenvalue weighted by molar-refractivity contribution is 7.99. The van der Waals surface area contributed by atoms with Crippen LogP contribution >= 0.6 is 11.8 Å². The predicted octanol–water partition coefficient (Wildman–Crippen LogP) is 3.91. The van der Waals surface area contributed by atoms with E-state index >= 15 is 0 Å². The molecule has 2 aromatic carbocycles. The molecule has 0 aliphatic carbocycles. The van der Waals surface area contributed by atoms with Gasteiger partial charge in [-0.05, 0) is 55.2 Å². The van der Waals surface area contributed by atoms with Crippen molar-refractivity contribution >= 4 is 35.0 Å². The minimum Gasteiger partial charge on any atom is -0.326 e. The lowest BCUT2D eigenvalue weighted by Crippen LogP contribution is -2.17. The SMILES string of the molecule is CCc1ccccc1NC(=O)CSc1nnc(CC(=O)Nc2ccc(C)c(C)c2)n1C. The average molecular weight is 438 g/mol. The smallest absolute Gasteiger partial charge is 0.234 e. The molecular weight excluding hydrogens is 410 g/mol. The van der Waals surface area contributed by atoms with Crippen LogP contribution in [0.1, 0.15) is 29.4 Å². The molecule has 0 aliphatic heterocycles. The van der Waals surface area contributed by atoms with E-state index in [4.69, 9.17) is 0 Å². The van der Waals surface area contributed by atoms with Crippen LogP contribution in [-0.4, -0.2) is 32.3 Å². The molecule has 8 heteroatoms. The van der Waals surface area contributed by atoms with Crippen molar-refractivity contribution in [3.05, 3.63) is 65.0 Å². The number of hydrogen-bond acceptors (Lipinski definition) is 5. The van der Waals surface area contributed by atoms with Gasteiger partial charge in [-0.1, -0.05) is 43.0 Å². The first-order chi connectivity index (χ1) is 14.9. The van der Waals surface area contributed by atoms with Gasteiger partial charge in [0, 0.05) is 18.4 Å². The van der Waals surface area contributed by atoms with E-state index in [2.05, 4.69) is 27.8 Å². The zero-order valence-corrected chi connectivity index (χ0v) is 19.0. The van der Waals surface area contributed by atoms with Gasteiger partial charge in [-0.15, -0.1) is 10.2 Å². The number of aromatic nitrogens is 3. The Kier molecular flexibility index (Phi) is 7.46. The van der Waals surface area contributed by atoms with Crippen LogP contribution in [0.5, 0.6) is 0 Å². The Morgan fingerprint density at radius 2 is 1.77 bits per heavy atom. The highest BCUT2D eigenvalue weighted by Crippen LogP contribution is 2.19. The third-order valence-corrected chi connectivity index (χ3v) is 6.06. The molecule has 1 aromatic heterocycles. The number of hydrogen-bond donors (Lipinski definition) is 2. The summed E-state index contributed by atoms with van der Waals surface area (Å²) in [7, 11) is 1.80. The largest absolute Gasteiger partial charge is 0.326 e. The molecule has 0 unspecified atom stereocenters. The lowest BCUT2D eigenvalue weighted by molar-refractivity contribution is -0.116. The van der Waals surface area contributed by atoms with E-state index in [1.165, 1.54) is 17.3 Å². The van der Waals surface area contributed by atoms with Gasteiger partial charge < -0.3 is 15.2 Å². The van der Waals surface area contributed by atoms with Gasteiger partial charge in [-0.2, -0.15) is 0 Å². The quantitative estimate of drug-likeness (QED) is 0.522. The van der Waals surface area contributed by atoms with Crippen LogP contribution in [0.15, 0.2) is 47.6 Å². The molecule has 162 valence electrons. The van der Waals surface area contributed by atoms with Crippen molar-refractivity contribution < 1.29 is 9.59 Å². The summed E-state index contributed by atoms with van der Waals surface area (Å²) < 4.78 is 1.75. The Morgan fingerprint density at radius 1 is 1.00 bits per heavy atom. The van der Waals surface area contributed by atoms with Gasteiger partial charge in [0.05, 0.1) is 12.2 Å². The van der Waals surface area contributed by atoms with Gasteiger partial charge in [0.15, 0.2) is 5.16 Å². The highest BCUT2D eigenvalue weighted by Gasteiger charge is 2.15. The maximum Gasteiger partial charge on any atom is 0.234 e. The van der Waals surface area contributed by atoms with Gasteiger partial charge >= 0.3 is 0 Å². The topological polar surface area (TPSA) is 88.9 Å². The molecule has 1 heterocycles. The maximum absolute atomic E-state index is 12.4. The maximum atomic E-state index is 12.4. The molecule has 3 aromatic rings. The molecule has 0 fully saturated rings. The number of thioether (sulfide) groups is 1. The first-order valence-corrected chi connectivity index (χ1v) is 11.1. The molecule has 0 saturated heterocycles. The van der Waals surface area contributed by atoms with Crippen molar-refractivity contribution in [2.45, 2.75) is 38.8 Å². The molecule has 0 atom stereocenters. The standard InChI is InChI=1S/C23H27N5O2S/c1-5-17-8-6-7-9-19(17)25-22(30)14-31-23-27-26-20(28(23)4)13-21(29)24-18-11-10-15(2)16(3)12-18/h6-12H,5,13-14H2,1-4H3,(H,24,29)(H,25,30). The second kappa shape index (κ2) is 10.3. The number of anilines is 2. The predicted molar refractivity (Wildman–Crippen MR) is 124 cm³/mol. The number of carbonyl (C=O) groups excluding carboxylic acids is 2. The van der Waals surface area contributed by atoms with E-state index in [-0.39, 0.29) is 24.0 Å².